The van der Waals surface area contributed by atoms with Gasteiger partial charge in [-0.25, -0.2) is 0 Å². The van der Waals surface area contributed by atoms with Crippen molar-refractivity contribution < 1.29 is 18.0 Å². The Hall–Kier alpha value is -1.52. The average Bonchev–Trinajstić information content (AvgIpc) is 2.80. The number of thiophene rings is 1. The Bertz CT molecular complexity index is 499. The third-order valence-electron chi connectivity index (χ3n) is 2.17. The maximum absolute atomic E-state index is 12.3. The van der Waals surface area contributed by atoms with Gasteiger partial charge < -0.3 is 10.6 Å². The lowest BCUT2D eigenvalue weighted by Crippen LogP contribution is -2.38. The van der Waals surface area contributed by atoms with Crippen LogP contribution in [-0.4, -0.2) is 36.6 Å². The molecule has 0 bridgehead atoms. The van der Waals surface area contributed by atoms with Gasteiger partial charge in [-0.05, 0) is 19.1 Å². The molecular weight excluding hydrogens is 277 g/mol. The fourth-order valence-corrected chi connectivity index (χ4v) is 2.21. The van der Waals surface area contributed by atoms with Gasteiger partial charge in [0.1, 0.15) is 6.54 Å². The van der Waals surface area contributed by atoms with Crippen molar-refractivity contribution in [2.45, 2.75) is 13.1 Å². The van der Waals surface area contributed by atoms with Crippen LogP contribution in [0.2, 0.25) is 0 Å². The molecule has 0 unspecified atom stereocenters. The van der Waals surface area contributed by atoms with Gasteiger partial charge in [-0.2, -0.15) is 13.2 Å². The van der Waals surface area contributed by atoms with Crippen molar-refractivity contribution in [3.05, 3.63) is 21.9 Å². The number of alkyl halides is 3. The summed E-state index contributed by atoms with van der Waals surface area (Å²) >= 11 is 1.06. The number of nitrogens with two attached hydrogens (primary N) is 1. The smallest absolute Gasteiger partial charge is 0.329 e. The Balaban J connectivity index is 2.83. The van der Waals surface area contributed by atoms with E-state index in [4.69, 9.17) is 5.73 Å². The summed E-state index contributed by atoms with van der Waals surface area (Å²) in [7, 11) is 0. The van der Waals surface area contributed by atoms with Crippen LogP contribution in [0.4, 0.5) is 13.2 Å². The molecule has 0 spiro atoms. The highest BCUT2D eigenvalue weighted by Gasteiger charge is 2.32. The van der Waals surface area contributed by atoms with E-state index in [0.29, 0.717) is 4.88 Å². The van der Waals surface area contributed by atoms with E-state index in [2.05, 4.69) is 11.8 Å². The average molecular weight is 290 g/mol. The van der Waals surface area contributed by atoms with Gasteiger partial charge in [0.15, 0.2) is 0 Å². The predicted molar refractivity (Wildman–Crippen MR) is 67.9 cm³/mol. The summed E-state index contributed by atoms with van der Waals surface area (Å²) in [6.07, 6.45) is -4.40. The summed E-state index contributed by atoms with van der Waals surface area (Å²) < 4.78 is 36.9. The van der Waals surface area contributed by atoms with Crippen LogP contribution in [0, 0.1) is 11.8 Å². The summed E-state index contributed by atoms with van der Waals surface area (Å²) in [5.41, 5.74) is 5.21. The standard InChI is InChI=1S/C12H13F3N2OS/c1-2-17(8-12(13,14)15)11(18)10-6-5-9(19-10)4-3-7-16/h5-6H,2,7-8,16H2,1H3. The molecular formula is C12H13F3N2OS. The Morgan fingerprint density at radius 1 is 1.47 bits per heavy atom. The molecule has 0 aliphatic carbocycles. The molecule has 0 saturated heterocycles. The second-order valence-corrected chi connectivity index (χ2v) is 4.69. The zero-order valence-corrected chi connectivity index (χ0v) is 11.1. The van der Waals surface area contributed by atoms with E-state index in [-0.39, 0.29) is 18.0 Å². The van der Waals surface area contributed by atoms with E-state index in [1.807, 2.05) is 0 Å². The summed E-state index contributed by atoms with van der Waals surface area (Å²) in [4.78, 5) is 13.5. The summed E-state index contributed by atoms with van der Waals surface area (Å²) in [6.45, 7) is 0.451. The Kier molecular flexibility index (Phi) is 5.39. The third-order valence-corrected chi connectivity index (χ3v) is 3.16. The zero-order valence-electron chi connectivity index (χ0n) is 10.3. The second-order valence-electron chi connectivity index (χ2n) is 3.60. The monoisotopic (exact) mass is 290 g/mol. The minimum absolute atomic E-state index is 0.0000548. The van der Waals surface area contributed by atoms with Gasteiger partial charge >= 0.3 is 6.18 Å². The fraction of sp³-hybridized carbons (Fsp3) is 0.417. The van der Waals surface area contributed by atoms with Crippen molar-refractivity contribution >= 4 is 17.2 Å². The van der Waals surface area contributed by atoms with Crippen LogP contribution in [0.15, 0.2) is 12.1 Å². The second kappa shape index (κ2) is 6.59. The topological polar surface area (TPSA) is 46.3 Å². The van der Waals surface area contributed by atoms with Crippen molar-refractivity contribution in [1.29, 1.82) is 0 Å². The summed E-state index contributed by atoms with van der Waals surface area (Å²) in [5, 5.41) is 0. The quantitative estimate of drug-likeness (QED) is 0.866. The van der Waals surface area contributed by atoms with E-state index in [1.165, 1.54) is 13.0 Å². The molecule has 0 atom stereocenters. The van der Waals surface area contributed by atoms with Crippen LogP contribution in [0.1, 0.15) is 21.5 Å². The van der Waals surface area contributed by atoms with Crippen molar-refractivity contribution in [2.24, 2.45) is 5.73 Å². The van der Waals surface area contributed by atoms with Crippen LogP contribution in [0.5, 0.6) is 0 Å². The lowest BCUT2D eigenvalue weighted by Gasteiger charge is -2.21. The third kappa shape index (κ3) is 4.93. The SMILES string of the molecule is CCN(CC(F)(F)F)C(=O)c1ccc(C#CCN)s1. The maximum Gasteiger partial charge on any atom is 0.406 e. The normalized spacial score (nSPS) is 10.8. The lowest BCUT2D eigenvalue weighted by atomic mass is 10.3. The van der Waals surface area contributed by atoms with Crippen LogP contribution < -0.4 is 5.73 Å². The number of amides is 1. The molecule has 2 N–H and O–H groups in total. The number of rotatable bonds is 3. The molecule has 0 aromatic carbocycles. The number of halogens is 3. The highest BCUT2D eigenvalue weighted by Crippen LogP contribution is 2.21. The fourth-order valence-electron chi connectivity index (χ4n) is 1.36. The predicted octanol–water partition coefficient (Wildman–Crippen LogP) is 2.08. The van der Waals surface area contributed by atoms with Crippen molar-refractivity contribution in [1.82, 2.24) is 4.90 Å². The highest BCUT2D eigenvalue weighted by molar-refractivity contribution is 7.14. The van der Waals surface area contributed by atoms with Crippen molar-refractivity contribution in [3.8, 4) is 11.8 Å². The summed E-state index contributed by atoms with van der Waals surface area (Å²) in [6, 6.07) is 3.08. The lowest BCUT2D eigenvalue weighted by molar-refractivity contribution is -0.140. The highest BCUT2D eigenvalue weighted by atomic mass is 32.1. The molecule has 0 radical (unpaired) electrons. The van der Waals surface area contributed by atoms with Crippen molar-refractivity contribution in [3.63, 3.8) is 0 Å². The largest absolute Gasteiger partial charge is 0.406 e. The van der Waals surface area contributed by atoms with Crippen molar-refractivity contribution in [2.75, 3.05) is 19.6 Å². The molecule has 7 heteroatoms. The first kappa shape index (κ1) is 15.5. The molecule has 0 aliphatic rings. The molecule has 0 saturated carbocycles. The molecule has 19 heavy (non-hydrogen) atoms. The van der Waals surface area contributed by atoms with Gasteiger partial charge in [0.2, 0.25) is 0 Å². The molecule has 1 aromatic rings. The molecule has 104 valence electrons. The number of nitrogens with zero attached hydrogens (tertiary/aromatic N) is 1. The molecule has 1 rings (SSSR count). The van der Waals surface area contributed by atoms with Gasteiger partial charge in [-0.1, -0.05) is 11.8 Å². The van der Waals surface area contributed by atoms with Crippen LogP contribution >= 0.6 is 11.3 Å². The first-order valence-corrected chi connectivity index (χ1v) is 6.34. The van der Waals surface area contributed by atoms with E-state index in [0.717, 1.165) is 16.2 Å². The van der Waals surface area contributed by atoms with E-state index < -0.39 is 18.6 Å². The van der Waals surface area contributed by atoms with Gasteiger partial charge in [0, 0.05) is 6.54 Å². The molecule has 0 fully saturated rings. The van der Waals surface area contributed by atoms with Gasteiger partial charge in [-0.15, -0.1) is 11.3 Å². The van der Waals surface area contributed by atoms with Crippen LogP contribution in [0.3, 0.4) is 0 Å². The van der Waals surface area contributed by atoms with Gasteiger partial charge in [-0.3, -0.25) is 4.79 Å². The first-order valence-electron chi connectivity index (χ1n) is 5.52. The number of carbonyl (C=O) groups excluding carboxylic acids is 1. The summed E-state index contributed by atoms with van der Waals surface area (Å²) in [5.74, 6) is 4.72. The Morgan fingerprint density at radius 2 is 2.16 bits per heavy atom. The van der Waals surface area contributed by atoms with E-state index >= 15 is 0 Å². The van der Waals surface area contributed by atoms with Crippen LogP contribution in [-0.2, 0) is 0 Å². The van der Waals surface area contributed by atoms with E-state index in [1.54, 1.807) is 6.07 Å². The number of hydrogen-bond acceptors (Lipinski definition) is 3. The molecule has 3 nitrogen and oxygen atoms in total. The minimum Gasteiger partial charge on any atom is -0.329 e. The van der Waals surface area contributed by atoms with Crippen LogP contribution in [0.25, 0.3) is 0 Å². The molecule has 1 heterocycles. The maximum atomic E-state index is 12.3. The van der Waals surface area contributed by atoms with Gasteiger partial charge in [0.25, 0.3) is 5.91 Å². The zero-order chi connectivity index (χ0) is 14.5. The van der Waals surface area contributed by atoms with E-state index in [9.17, 15) is 18.0 Å². The van der Waals surface area contributed by atoms with Gasteiger partial charge in [0.05, 0.1) is 16.3 Å². The molecule has 0 aliphatic heterocycles. The Morgan fingerprint density at radius 3 is 2.68 bits per heavy atom. The minimum atomic E-state index is -4.40. The molecule has 1 amide bonds. The molecule has 1 aromatic heterocycles. The Labute approximate surface area is 113 Å². The first-order chi connectivity index (χ1) is 8.87. The number of hydrogen-bond donors (Lipinski definition) is 1. The number of carbonyl (C=O) groups is 1.